The average molecular weight is 451 g/mol. The zero-order chi connectivity index (χ0) is 23.5. The summed E-state index contributed by atoms with van der Waals surface area (Å²) in [5.41, 5.74) is 5.35. The third-order valence-corrected chi connectivity index (χ3v) is 7.47. The Hall–Kier alpha value is -3.12. The van der Waals surface area contributed by atoms with Gasteiger partial charge in [-0.25, -0.2) is 8.42 Å². The molecule has 0 saturated heterocycles. The standard InChI is InChI=1S/C26H30N2O3S/c1-18-9-13-23(14-10-18)22(5)27-26(29)17-28(25-8-6-7-20(3)21(25)4)32(30,31)24-15-11-19(2)12-16-24/h6-16,22H,17H2,1-5H3,(H,27,29)/t22-/m0/s1. The van der Waals surface area contributed by atoms with Gasteiger partial charge in [0, 0.05) is 0 Å². The molecular formula is C26H30N2O3S. The molecule has 5 nitrogen and oxygen atoms in total. The molecular weight excluding hydrogens is 420 g/mol. The van der Waals surface area contributed by atoms with Crippen molar-refractivity contribution in [3.63, 3.8) is 0 Å². The molecule has 168 valence electrons. The van der Waals surface area contributed by atoms with E-state index in [2.05, 4.69) is 5.32 Å². The van der Waals surface area contributed by atoms with Gasteiger partial charge in [-0.15, -0.1) is 0 Å². The zero-order valence-corrected chi connectivity index (χ0v) is 20.0. The van der Waals surface area contributed by atoms with Crippen LogP contribution in [0.25, 0.3) is 0 Å². The summed E-state index contributed by atoms with van der Waals surface area (Å²) in [5.74, 6) is -0.366. The second-order valence-corrected chi connectivity index (χ2v) is 10.1. The van der Waals surface area contributed by atoms with E-state index in [1.54, 1.807) is 30.3 Å². The van der Waals surface area contributed by atoms with Gasteiger partial charge in [-0.05, 0) is 69.5 Å². The van der Waals surface area contributed by atoms with Gasteiger partial charge in [-0.3, -0.25) is 9.10 Å². The Bertz CT molecular complexity index is 1200. The van der Waals surface area contributed by atoms with E-state index in [1.807, 2.05) is 71.0 Å². The van der Waals surface area contributed by atoms with E-state index in [1.165, 1.54) is 4.31 Å². The second-order valence-electron chi connectivity index (χ2n) is 8.24. The molecule has 6 heteroatoms. The molecule has 0 aliphatic rings. The van der Waals surface area contributed by atoms with E-state index in [9.17, 15) is 13.2 Å². The van der Waals surface area contributed by atoms with Crippen molar-refractivity contribution in [3.05, 3.63) is 94.5 Å². The SMILES string of the molecule is Cc1ccc([C@H](C)NC(=O)CN(c2cccc(C)c2C)S(=O)(=O)c2ccc(C)cc2)cc1. The predicted molar refractivity (Wildman–Crippen MR) is 129 cm³/mol. The second kappa shape index (κ2) is 9.57. The molecule has 0 bridgehead atoms. The van der Waals surface area contributed by atoms with Crippen LogP contribution in [0.15, 0.2) is 71.6 Å². The van der Waals surface area contributed by atoms with E-state index >= 15 is 0 Å². The largest absolute Gasteiger partial charge is 0.348 e. The van der Waals surface area contributed by atoms with Crippen LogP contribution in [0.4, 0.5) is 5.69 Å². The summed E-state index contributed by atoms with van der Waals surface area (Å²) < 4.78 is 28.4. The minimum Gasteiger partial charge on any atom is -0.348 e. The van der Waals surface area contributed by atoms with Gasteiger partial charge in [0.2, 0.25) is 5.91 Å². The van der Waals surface area contributed by atoms with Crippen LogP contribution in [0, 0.1) is 27.7 Å². The number of aryl methyl sites for hydroxylation is 3. The van der Waals surface area contributed by atoms with Crippen LogP contribution in [0.1, 0.15) is 40.8 Å². The number of hydrogen-bond acceptors (Lipinski definition) is 3. The number of nitrogens with one attached hydrogen (secondary N) is 1. The highest BCUT2D eigenvalue weighted by Gasteiger charge is 2.29. The number of nitrogens with zero attached hydrogens (tertiary/aromatic N) is 1. The van der Waals surface area contributed by atoms with Crippen molar-refractivity contribution in [2.75, 3.05) is 10.8 Å². The first kappa shape index (κ1) is 23.5. The van der Waals surface area contributed by atoms with Crippen molar-refractivity contribution < 1.29 is 13.2 Å². The molecule has 3 aromatic rings. The molecule has 0 heterocycles. The van der Waals surface area contributed by atoms with E-state index in [-0.39, 0.29) is 23.4 Å². The summed E-state index contributed by atoms with van der Waals surface area (Å²) in [6, 6.07) is 19.8. The lowest BCUT2D eigenvalue weighted by molar-refractivity contribution is -0.120. The number of sulfonamides is 1. The van der Waals surface area contributed by atoms with Crippen LogP contribution in [0.2, 0.25) is 0 Å². The van der Waals surface area contributed by atoms with Crippen molar-refractivity contribution in [2.45, 2.75) is 45.6 Å². The fraction of sp³-hybridized carbons (Fsp3) is 0.269. The van der Waals surface area contributed by atoms with Crippen molar-refractivity contribution in [3.8, 4) is 0 Å². The normalized spacial score (nSPS) is 12.3. The number of carbonyl (C=O) groups excluding carboxylic acids is 1. The molecule has 1 N–H and O–H groups in total. The van der Waals surface area contributed by atoms with E-state index in [4.69, 9.17) is 0 Å². The van der Waals surface area contributed by atoms with Crippen LogP contribution >= 0.6 is 0 Å². The Labute approximate surface area is 191 Å². The molecule has 3 aromatic carbocycles. The van der Waals surface area contributed by atoms with Crippen molar-refractivity contribution >= 4 is 21.6 Å². The Morgan fingerprint density at radius 3 is 2.03 bits per heavy atom. The number of benzene rings is 3. The fourth-order valence-corrected chi connectivity index (χ4v) is 4.98. The summed E-state index contributed by atoms with van der Waals surface area (Å²) >= 11 is 0. The maximum atomic E-state index is 13.6. The van der Waals surface area contributed by atoms with Gasteiger partial charge in [0.1, 0.15) is 6.54 Å². The summed E-state index contributed by atoms with van der Waals surface area (Å²) in [5, 5.41) is 2.94. The van der Waals surface area contributed by atoms with Gasteiger partial charge in [0.05, 0.1) is 16.6 Å². The minimum atomic E-state index is -3.94. The number of amides is 1. The summed E-state index contributed by atoms with van der Waals surface area (Å²) in [7, 11) is -3.94. The van der Waals surface area contributed by atoms with Gasteiger partial charge in [0.15, 0.2) is 0 Å². The first-order valence-electron chi connectivity index (χ1n) is 10.6. The van der Waals surface area contributed by atoms with Crippen LogP contribution in [0.3, 0.4) is 0 Å². The Morgan fingerprint density at radius 2 is 1.44 bits per heavy atom. The summed E-state index contributed by atoms with van der Waals surface area (Å²) in [6.07, 6.45) is 0. The fourth-order valence-electron chi connectivity index (χ4n) is 3.50. The molecule has 1 amide bonds. The smallest absolute Gasteiger partial charge is 0.264 e. The Morgan fingerprint density at radius 1 is 0.875 bits per heavy atom. The first-order chi connectivity index (χ1) is 15.1. The van der Waals surface area contributed by atoms with Crippen molar-refractivity contribution in [2.24, 2.45) is 0 Å². The molecule has 0 fully saturated rings. The highest BCUT2D eigenvalue weighted by atomic mass is 32.2. The van der Waals surface area contributed by atoms with Gasteiger partial charge in [-0.2, -0.15) is 0 Å². The minimum absolute atomic E-state index is 0.156. The lowest BCUT2D eigenvalue weighted by atomic mass is 10.1. The maximum Gasteiger partial charge on any atom is 0.264 e. The van der Waals surface area contributed by atoms with Gasteiger partial charge in [0.25, 0.3) is 10.0 Å². The molecule has 0 saturated carbocycles. The predicted octanol–water partition coefficient (Wildman–Crippen LogP) is 4.99. The lowest BCUT2D eigenvalue weighted by Crippen LogP contribution is -2.42. The number of rotatable bonds is 7. The van der Waals surface area contributed by atoms with Crippen molar-refractivity contribution in [1.82, 2.24) is 5.32 Å². The maximum absolute atomic E-state index is 13.6. The summed E-state index contributed by atoms with van der Waals surface area (Å²) in [6.45, 7) is 9.28. The van der Waals surface area contributed by atoms with Gasteiger partial charge >= 0.3 is 0 Å². The molecule has 0 aliphatic carbocycles. The number of anilines is 1. The van der Waals surface area contributed by atoms with Gasteiger partial charge in [-0.1, -0.05) is 59.7 Å². The zero-order valence-electron chi connectivity index (χ0n) is 19.2. The molecule has 32 heavy (non-hydrogen) atoms. The average Bonchev–Trinajstić information content (AvgIpc) is 2.75. The van der Waals surface area contributed by atoms with Crippen LogP contribution in [-0.2, 0) is 14.8 Å². The highest BCUT2D eigenvalue weighted by molar-refractivity contribution is 7.92. The number of hydrogen-bond donors (Lipinski definition) is 1. The molecule has 0 unspecified atom stereocenters. The highest BCUT2D eigenvalue weighted by Crippen LogP contribution is 2.28. The molecule has 0 aliphatic heterocycles. The third-order valence-electron chi connectivity index (χ3n) is 5.70. The molecule has 0 radical (unpaired) electrons. The molecule has 0 spiro atoms. The quantitative estimate of drug-likeness (QED) is 0.551. The topological polar surface area (TPSA) is 66.5 Å². The number of carbonyl (C=O) groups is 1. The molecule has 1 atom stereocenters. The van der Waals surface area contributed by atoms with E-state index in [0.29, 0.717) is 5.69 Å². The van der Waals surface area contributed by atoms with Gasteiger partial charge < -0.3 is 5.32 Å². The lowest BCUT2D eigenvalue weighted by Gasteiger charge is -2.27. The van der Waals surface area contributed by atoms with Crippen LogP contribution in [-0.4, -0.2) is 20.9 Å². The Kier molecular flexibility index (Phi) is 7.04. The van der Waals surface area contributed by atoms with E-state index in [0.717, 1.165) is 27.8 Å². The molecule has 0 aromatic heterocycles. The van der Waals surface area contributed by atoms with E-state index < -0.39 is 10.0 Å². The Balaban J connectivity index is 1.94. The molecule has 3 rings (SSSR count). The van der Waals surface area contributed by atoms with Crippen LogP contribution in [0.5, 0.6) is 0 Å². The van der Waals surface area contributed by atoms with Crippen molar-refractivity contribution in [1.29, 1.82) is 0 Å². The first-order valence-corrected chi connectivity index (χ1v) is 12.0. The third kappa shape index (κ3) is 5.19. The monoisotopic (exact) mass is 450 g/mol. The van der Waals surface area contributed by atoms with Crippen LogP contribution < -0.4 is 9.62 Å². The summed E-state index contributed by atoms with van der Waals surface area (Å²) in [4.78, 5) is 13.1.